The molecule has 0 saturated carbocycles. The molecule has 0 saturated heterocycles. The summed E-state index contributed by atoms with van der Waals surface area (Å²) < 4.78 is 25.2. The largest absolute Gasteiger partial charge is 0.378 e. The van der Waals surface area contributed by atoms with E-state index in [0.717, 1.165) is 5.69 Å². The number of benzene rings is 1. The van der Waals surface area contributed by atoms with Gasteiger partial charge in [0.25, 0.3) is 0 Å². The van der Waals surface area contributed by atoms with Gasteiger partial charge in [-0.25, -0.2) is 8.42 Å². The lowest BCUT2D eigenvalue weighted by Crippen LogP contribution is -2.08. The van der Waals surface area contributed by atoms with Crippen LogP contribution < -0.4 is 5.32 Å². The maximum Gasteiger partial charge on any atom is 0.177 e. The van der Waals surface area contributed by atoms with Crippen LogP contribution in [-0.4, -0.2) is 19.2 Å². The number of nitrogens with one attached hydrogen (secondary N) is 1. The normalized spacial score (nSPS) is 11.6. The fourth-order valence-electron chi connectivity index (χ4n) is 1.88. The Morgan fingerprint density at radius 1 is 1.25 bits per heavy atom. The van der Waals surface area contributed by atoms with Crippen LogP contribution in [0, 0.1) is 0 Å². The number of aromatic nitrogens is 1. The Balaban J connectivity index is 2.26. The highest BCUT2D eigenvalue weighted by Crippen LogP contribution is 2.26. The van der Waals surface area contributed by atoms with Gasteiger partial charge in [-0.15, -0.1) is 0 Å². The van der Waals surface area contributed by atoms with Gasteiger partial charge < -0.3 is 9.88 Å². The second-order valence-corrected chi connectivity index (χ2v) is 7.20. The van der Waals surface area contributed by atoms with Crippen molar-refractivity contribution in [2.24, 2.45) is 7.05 Å². The minimum absolute atomic E-state index is 0.270. The molecule has 0 radical (unpaired) electrons. The van der Waals surface area contributed by atoms with Gasteiger partial charge in [0.15, 0.2) is 9.84 Å². The maximum absolute atomic E-state index is 11.7. The SMILES string of the molecule is Cn1c(CNc2ccccc2S(C)(=O)=O)cc(Cl)c1Cl. The lowest BCUT2D eigenvalue weighted by molar-refractivity contribution is 0.602. The summed E-state index contributed by atoms with van der Waals surface area (Å²) in [4.78, 5) is 0.270. The molecular weight excluding hydrogens is 319 g/mol. The van der Waals surface area contributed by atoms with Gasteiger partial charge in [-0.2, -0.15) is 0 Å². The van der Waals surface area contributed by atoms with E-state index in [2.05, 4.69) is 5.32 Å². The van der Waals surface area contributed by atoms with E-state index in [1.807, 2.05) is 0 Å². The van der Waals surface area contributed by atoms with E-state index in [1.165, 1.54) is 6.26 Å². The molecule has 2 aromatic rings. The van der Waals surface area contributed by atoms with Crippen molar-refractivity contribution in [3.63, 3.8) is 0 Å². The molecule has 4 nitrogen and oxygen atoms in total. The molecule has 7 heteroatoms. The molecule has 20 heavy (non-hydrogen) atoms. The average Bonchev–Trinajstić information content (AvgIpc) is 2.63. The first kappa shape index (κ1) is 15.2. The molecule has 0 bridgehead atoms. The Morgan fingerprint density at radius 2 is 1.90 bits per heavy atom. The highest BCUT2D eigenvalue weighted by atomic mass is 35.5. The maximum atomic E-state index is 11.7. The minimum Gasteiger partial charge on any atom is -0.378 e. The van der Waals surface area contributed by atoms with Crippen LogP contribution in [0.3, 0.4) is 0 Å². The molecule has 0 atom stereocenters. The summed E-state index contributed by atoms with van der Waals surface area (Å²) in [7, 11) is -1.47. The number of hydrogen-bond acceptors (Lipinski definition) is 3. The molecule has 0 aliphatic rings. The third kappa shape index (κ3) is 3.11. The predicted octanol–water partition coefficient (Wildman–Crippen LogP) is 3.35. The predicted molar refractivity (Wildman–Crippen MR) is 82.3 cm³/mol. The highest BCUT2D eigenvalue weighted by Gasteiger charge is 2.13. The van der Waals surface area contributed by atoms with Crippen molar-refractivity contribution in [2.75, 3.05) is 11.6 Å². The first-order chi connectivity index (χ1) is 9.30. The fourth-order valence-corrected chi connectivity index (χ4v) is 3.16. The number of nitrogens with zero attached hydrogens (tertiary/aromatic N) is 1. The Morgan fingerprint density at radius 3 is 2.45 bits per heavy atom. The van der Waals surface area contributed by atoms with Crippen LogP contribution in [0.4, 0.5) is 5.69 Å². The van der Waals surface area contributed by atoms with Crippen molar-refractivity contribution in [1.29, 1.82) is 0 Å². The molecule has 108 valence electrons. The second-order valence-electron chi connectivity index (χ2n) is 4.46. The number of rotatable bonds is 4. The highest BCUT2D eigenvalue weighted by molar-refractivity contribution is 7.90. The summed E-state index contributed by atoms with van der Waals surface area (Å²) >= 11 is 11.9. The lowest BCUT2D eigenvalue weighted by atomic mass is 10.3. The number of para-hydroxylation sites is 1. The van der Waals surface area contributed by atoms with Crippen LogP contribution in [0.1, 0.15) is 5.69 Å². The second kappa shape index (κ2) is 5.68. The minimum atomic E-state index is -3.27. The number of sulfone groups is 1. The van der Waals surface area contributed by atoms with Gasteiger partial charge in [-0.3, -0.25) is 0 Å². The Hall–Kier alpha value is -1.17. The number of anilines is 1. The van der Waals surface area contributed by atoms with Crippen LogP contribution in [0.25, 0.3) is 0 Å². The van der Waals surface area contributed by atoms with E-state index in [4.69, 9.17) is 23.2 Å². The average molecular weight is 333 g/mol. The molecule has 1 aromatic carbocycles. The molecule has 0 aliphatic carbocycles. The number of hydrogen-bond donors (Lipinski definition) is 1. The van der Waals surface area contributed by atoms with Crippen molar-refractivity contribution >= 4 is 38.7 Å². The summed E-state index contributed by atoms with van der Waals surface area (Å²) in [6, 6.07) is 8.52. The Kier molecular flexibility index (Phi) is 4.32. The summed E-state index contributed by atoms with van der Waals surface area (Å²) in [5.41, 5.74) is 1.42. The van der Waals surface area contributed by atoms with Crippen molar-refractivity contribution in [3.8, 4) is 0 Å². The lowest BCUT2D eigenvalue weighted by Gasteiger charge is -2.11. The topological polar surface area (TPSA) is 51.1 Å². The zero-order chi connectivity index (χ0) is 14.9. The van der Waals surface area contributed by atoms with Crippen LogP contribution in [-0.2, 0) is 23.4 Å². The molecule has 0 spiro atoms. The molecule has 1 aromatic heterocycles. The summed E-state index contributed by atoms with van der Waals surface area (Å²) in [6.45, 7) is 0.426. The quantitative estimate of drug-likeness (QED) is 0.934. The summed E-state index contributed by atoms with van der Waals surface area (Å²) in [5, 5.41) is 4.03. The van der Waals surface area contributed by atoms with Crippen LogP contribution in [0.2, 0.25) is 10.2 Å². The van der Waals surface area contributed by atoms with Gasteiger partial charge in [0.2, 0.25) is 0 Å². The molecule has 0 fully saturated rings. The van der Waals surface area contributed by atoms with E-state index in [-0.39, 0.29) is 4.90 Å². The van der Waals surface area contributed by atoms with Gasteiger partial charge in [0, 0.05) is 19.0 Å². The molecular formula is C13H14Cl2N2O2S. The third-order valence-electron chi connectivity index (χ3n) is 2.96. The smallest absolute Gasteiger partial charge is 0.177 e. The fraction of sp³-hybridized carbons (Fsp3) is 0.231. The number of halogens is 2. The van der Waals surface area contributed by atoms with Crippen LogP contribution in [0.15, 0.2) is 35.2 Å². The van der Waals surface area contributed by atoms with E-state index in [9.17, 15) is 8.42 Å². The first-order valence-corrected chi connectivity index (χ1v) is 8.48. The van der Waals surface area contributed by atoms with Gasteiger partial charge in [0.1, 0.15) is 5.15 Å². The van der Waals surface area contributed by atoms with Crippen molar-refractivity contribution < 1.29 is 8.42 Å². The molecule has 1 heterocycles. The van der Waals surface area contributed by atoms with E-state index >= 15 is 0 Å². The molecule has 1 N–H and O–H groups in total. The van der Waals surface area contributed by atoms with E-state index < -0.39 is 9.84 Å². The molecule has 0 amide bonds. The van der Waals surface area contributed by atoms with Crippen LogP contribution in [0.5, 0.6) is 0 Å². The monoisotopic (exact) mass is 332 g/mol. The zero-order valence-electron chi connectivity index (χ0n) is 11.0. The van der Waals surface area contributed by atoms with Gasteiger partial charge in [-0.1, -0.05) is 35.3 Å². The van der Waals surface area contributed by atoms with Gasteiger partial charge in [0.05, 0.1) is 22.2 Å². The van der Waals surface area contributed by atoms with E-state index in [1.54, 1.807) is 41.9 Å². The van der Waals surface area contributed by atoms with Crippen molar-refractivity contribution in [3.05, 3.63) is 46.2 Å². The van der Waals surface area contributed by atoms with Crippen molar-refractivity contribution in [1.82, 2.24) is 4.57 Å². The van der Waals surface area contributed by atoms with Gasteiger partial charge in [-0.05, 0) is 18.2 Å². The summed E-state index contributed by atoms with van der Waals surface area (Å²) in [6.07, 6.45) is 1.18. The zero-order valence-corrected chi connectivity index (χ0v) is 13.4. The molecule has 0 unspecified atom stereocenters. The third-order valence-corrected chi connectivity index (χ3v) is 4.96. The van der Waals surface area contributed by atoms with Gasteiger partial charge >= 0.3 is 0 Å². The summed E-state index contributed by atoms with van der Waals surface area (Å²) in [5.74, 6) is 0. The Bertz CT molecular complexity index is 739. The van der Waals surface area contributed by atoms with Crippen LogP contribution >= 0.6 is 23.2 Å². The first-order valence-electron chi connectivity index (χ1n) is 5.83. The molecule has 2 rings (SSSR count). The standard InChI is InChI=1S/C13H14Cl2N2O2S/c1-17-9(7-10(14)13(17)15)8-16-11-5-3-4-6-12(11)20(2,18)19/h3-7,16H,8H2,1-2H3. The Labute approximate surface area is 128 Å². The van der Waals surface area contributed by atoms with Crippen molar-refractivity contribution in [2.45, 2.75) is 11.4 Å². The molecule has 0 aliphatic heterocycles. The van der Waals surface area contributed by atoms with E-state index in [0.29, 0.717) is 22.4 Å².